The van der Waals surface area contributed by atoms with E-state index in [4.69, 9.17) is 27.9 Å². The molecule has 0 saturated heterocycles. The zero-order chi connectivity index (χ0) is 18.2. The lowest BCUT2D eigenvalue weighted by Crippen LogP contribution is -2.13. The van der Waals surface area contributed by atoms with Crippen LogP contribution < -0.4 is 5.32 Å². The van der Waals surface area contributed by atoms with Gasteiger partial charge in [-0.25, -0.2) is 4.79 Å². The van der Waals surface area contributed by atoms with Crippen molar-refractivity contribution in [1.29, 1.82) is 0 Å². The van der Waals surface area contributed by atoms with Crippen LogP contribution in [0, 0.1) is 0 Å². The Bertz CT molecular complexity index is 750. The van der Waals surface area contributed by atoms with Crippen LogP contribution in [-0.2, 0) is 9.53 Å². The molecule has 2 aromatic rings. The Labute approximate surface area is 160 Å². The molecular weight excluding hydrogens is 381 g/mol. The van der Waals surface area contributed by atoms with E-state index in [-0.39, 0.29) is 5.91 Å². The summed E-state index contributed by atoms with van der Waals surface area (Å²) in [4.78, 5) is 24.7. The van der Waals surface area contributed by atoms with E-state index in [1.54, 1.807) is 30.8 Å². The number of carbonyl (C=O) groups is 2. The van der Waals surface area contributed by atoms with Crippen LogP contribution in [0.15, 0.2) is 47.4 Å². The first-order valence-corrected chi connectivity index (χ1v) is 9.38. The van der Waals surface area contributed by atoms with E-state index in [0.717, 1.165) is 4.90 Å². The Morgan fingerprint density at radius 3 is 2.48 bits per heavy atom. The third-order valence-corrected chi connectivity index (χ3v) is 4.74. The third kappa shape index (κ3) is 6.27. The zero-order valence-electron chi connectivity index (χ0n) is 13.6. The highest BCUT2D eigenvalue weighted by Gasteiger charge is 2.11. The average Bonchev–Trinajstić information content (AvgIpc) is 2.58. The lowest BCUT2D eigenvalue weighted by atomic mass is 10.2. The van der Waals surface area contributed by atoms with E-state index < -0.39 is 5.97 Å². The quantitative estimate of drug-likeness (QED) is 0.509. The molecule has 25 heavy (non-hydrogen) atoms. The van der Waals surface area contributed by atoms with Crippen molar-refractivity contribution in [1.82, 2.24) is 0 Å². The first-order valence-electron chi connectivity index (χ1n) is 7.64. The van der Waals surface area contributed by atoms with Crippen molar-refractivity contribution in [2.75, 3.05) is 17.7 Å². The van der Waals surface area contributed by atoms with Gasteiger partial charge in [0.1, 0.15) is 0 Å². The van der Waals surface area contributed by atoms with Crippen molar-refractivity contribution in [3.8, 4) is 0 Å². The molecule has 0 aliphatic carbocycles. The van der Waals surface area contributed by atoms with Gasteiger partial charge in [0, 0.05) is 22.1 Å². The topological polar surface area (TPSA) is 55.4 Å². The minimum Gasteiger partial charge on any atom is -0.462 e. The average molecular weight is 398 g/mol. The Morgan fingerprint density at radius 1 is 1.12 bits per heavy atom. The highest BCUT2D eigenvalue weighted by atomic mass is 35.5. The maximum Gasteiger partial charge on any atom is 0.338 e. The lowest BCUT2D eigenvalue weighted by molar-refractivity contribution is -0.115. The molecular formula is C18H17Cl2NO3S. The van der Waals surface area contributed by atoms with Gasteiger partial charge in [0.2, 0.25) is 5.91 Å². The number of esters is 1. The summed E-state index contributed by atoms with van der Waals surface area (Å²) in [5.41, 5.74) is 0.819. The van der Waals surface area contributed by atoms with Crippen LogP contribution in [0.1, 0.15) is 23.7 Å². The molecule has 0 bridgehead atoms. The van der Waals surface area contributed by atoms with E-state index in [9.17, 15) is 9.59 Å². The molecule has 0 radical (unpaired) electrons. The van der Waals surface area contributed by atoms with Gasteiger partial charge in [-0.2, -0.15) is 0 Å². The molecule has 2 rings (SSSR count). The normalized spacial score (nSPS) is 10.4. The van der Waals surface area contributed by atoms with Gasteiger partial charge in [-0.3, -0.25) is 4.79 Å². The van der Waals surface area contributed by atoms with Gasteiger partial charge in [-0.05, 0) is 49.4 Å². The first-order chi connectivity index (χ1) is 12.0. The number of halogens is 2. The Kier molecular flexibility index (Phi) is 7.62. The van der Waals surface area contributed by atoms with Crippen LogP contribution in [0.25, 0.3) is 0 Å². The summed E-state index contributed by atoms with van der Waals surface area (Å²) >= 11 is 13.5. The molecule has 0 saturated carbocycles. The lowest BCUT2D eigenvalue weighted by Gasteiger charge is -2.09. The fourth-order valence-electron chi connectivity index (χ4n) is 1.96. The van der Waals surface area contributed by atoms with E-state index in [2.05, 4.69) is 5.32 Å². The maximum absolute atomic E-state index is 12.0. The van der Waals surface area contributed by atoms with E-state index in [1.165, 1.54) is 6.07 Å². The molecule has 0 heterocycles. The fourth-order valence-corrected chi connectivity index (χ4v) is 3.17. The van der Waals surface area contributed by atoms with Crippen LogP contribution >= 0.6 is 35.0 Å². The Morgan fingerprint density at radius 2 is 1.84 bits per heavy atom. The summed E-state index contributed by atoms with van der Waals surface area (Å²) < 4.78 is 4.91. The van der Waals surface area contributed by atoms with Crippen LogP contribution in [0.2, 0.25) is 10.0 Å². The number of rotatable bonds is 7. The van der Waals surface area contributed by atoms with Crippen molar-refractivity contribution in [2.45, 2.75) is 18.2 Å². The van der Waals surface area contributed by atoms with Crippen LogP contribution in [0.5, 0.6) is 0 Å². The van der Waals surface area contributed by atoms with Crippen LogP contribution in [0.3, 0.4) is 0 Å². The molecule has 0 aliphatic heterocycles. The number of ether oxygens (including phenoxy) is 1. The second kappa shape index (κ2) is 9.70. The number of amides is 1. The minimum absolute atomic E-state index is 0.146. The number of carbonyl (C=O) groups excluding carboxylic acids is 2. The van der Waals surface area contributed by atoms with Gasteiger partial charge in [-0.1, -0.05) is 23.2 Å². The standard InChI is InChI=1S/C18H17Cl2NO3S/c1-2-24-18(23)12-3-8-16(15(20)11-12)21-17(22)9-10-25-14-6-4-13(19)5-7-14/h3-8,11H,2,9-10H2,1H3,(H,21,22). The van der Waals surface area contributed by atoms with Crippen LogP contribution in [-0.4, -0.2) is 24.2 Å². The van der Waals surface area contributed by atoms with Crippen molar-refractivity contribution in [3.63, 3.8) is 0 Å². The smallest absolute Gasteiger partial charge is 0.338 e. The molecule has 4 nitrogen and oxygen atoms in total. The van der Waals surface area contributed by atoms with Gasteiger partial charge in [0.25, 0.3) is 0 Å². The zero-order valence-corrected chi connectivity index (χ0v) is 15.9. The second-order valence-electron chi connectivity index (χ2n) is 5.02. The predicted octanol–water partition coefficient (Wildman–Crippen LogP) is 5.29. The predicted molar refractivity (Wildman–Crippen MR) is 103 cm³/mol. The number of thioether (sulfide) groups is 1. The molecule has 2 aromatic carbocycles. The summed E-state index contributed by atoms with van der Waals surface area (Å²) in [5, 5.41) is 3.73. The summed E-state index contributed by atoms with van der Waals surface area (Å²) in [5.74, 6) is 0.0420. The van der Waals surface area contributed by atoms with E-state index in [1.807, 2.05) is 24.3 Å². The van der Waals surface area contributed by atoms with E-state index in [0.29, 0.717) is 40.1 Å². The highest BCUT2D eigenvalue weighted by Crippen LogP contribution is 2.25. The second-order valence-corrected chi connectivity index (χ2v) is 7.03. The Balaban J connectivity index is 1.85. The van der Waals surface area contributed by atoms with Crippen molar-refractivity contribution < 1.29 is 14.3 Å². The number of hydrogen-bond acceptors (Lipinski definition) is 4. The summed E-state index contributed by atoms with van der Waals surface area (Å²) in [6, 6.07) is 12.1. The maximum atomic E-state index is 12.0. The molecule has 0 aliphatic rings. The third-order valence-electron chi connectivity index (χ3n) is 3.17. The van der Waals surface area contributed by atoms with Gasteiger partial charge in [-0.15, -0.1) is 11.8 Å². The van der Waals surface area contributed by atoms with Crippen molar-refractivity contribution >= 4 is 52.5 Å². The number of hydrogen-bond donors (Lipinski definition) is 1. The van der Waals surface area contributed by atoms with Gasteiger partial charge in [0.05, 0.1) is 22.9 Å². The molecule has 0 fully saturated rings. The monoisotopic (exact) mass is 397 g/mol. The molecule has 7 heteroatoms. The fraction of sp³-hybridized carbons (Fsp3) is 0.222. The molecule has 132 valence electrons. The summed E-state index contributed by atoms with van der Waals surface area (Å²) in [6.45, 7) is 2.02. The summed E-state index contributed by atoms with van der Waals surface area (Å²) in [6.07, 6.45) is 0.337. The Hall–Kier alpha value is -1.69. The first kappa shape index (κ1) is 19.6. The van der Waals surface area contributed by atoms with Crippen molar-refractivity contribution in [2.24, 2.45) is 0 Å². The highest BCUT2D eigenvalue weighted by molar-refractivity contribution is 7.99. The molecule has 0 unspecified atom stereocenters. The largest absolute Gasteiger partial charge is 0.462 e. The van der Waals surface area contributed by atoms with Gasteiger partial charge >= 0.3 is 5.97 Å². The summed E-state index contributed by atoms with van der Waals surface area (Å²) in [7, 11) is 0. The molecule has 1 N–H and O–H groups in total. The minimum atomic E-state index is -0.443. The number of nitrogens with one attached hydrogen (secondary N) is 1. The number of anilines is 1. The van der Waals surface area contributed by atoms with Gasteiger partial charge < -0.3 is 10.1 Å². The van der Waals surface area contributed by atoms with Crippen LogP contribution in [0.4, 0.5) is 5.69 Å². The molecule has 0 aromatic heterocycles. The van der Waals surface area contributed by atoms with E-state index >= 15 is 0 Å². The molecule has 0 atom stereocenters. The van der Waals surface area contributed by atoms with Gasteiger partial charge in [0.15, 0.2) is 0 Å². The van der Waals surface area contributed by atoms with Crippen molar-refractivity contribution in [3.05, 3.63) is 58.1 Å². The number of benzene rings is 2. The molecule has 0 spiro atoms. The SMILES string of the molecule is CCOC(=O)c1ccc(NC(=O)CCSc2ccc(Cl)cc2)c(Cl)c1. The molecule has 1 amide bonds.